The average Bonchev–Trinajstić information content (AvgIpc) is 3.28. The number of aryl methyl sites for hydroxylation is 1. The van der Waals surface area contributed by atoms with Crippen molar-refractivity contribution in [3.63, 3.8) is 0 Å². The molecule has 0 saturated carbocycles. The Bertz CT molecular complexity index is 1110. The molecule has 0 bridgehead atoms. The van der Waals surface area contributed by atoms with E-state index in [2.05, 4.69) is 15.6 Å². The number of hydrogen-bond acceptors (Lipinski definition) is 6. The van der Waals surface area contributed by atoms with E-state index in [0.29, 0.717) is 36.4 Å². The lowest BCUT2D eigenvalue weighted by molar-refractivity contribution is 0.0697. The fourth-order valence-corrected chi connectivity index (χ4v) is 4.50. The van der Waals surface area contributed by atoms with Crippen molar-refractivity contribution in [2.24, 2.45) is 0 Å². The number of aromatic nitrogens is 3. The average molecular weight is 406 g/mol. The van der Waals surface area contributed by atoms with Gasteiger partial charge in [-0.05, 0) is 49.9 Å². The van der Waals surface area contributed by atoms with Crippen LogP contribution in [0.2, 0.25) is 0 Å². The van der Waals surface area contributed by atoms with Crippen LogP contribution in [0.1, 0.15) is 30.9 Å². The lowest BCUT2D eigenvalue weighted by Gasteiger charge is -2.26. The first-order chi connectivity index (χ1) is 14.7. The van der Waals surface area contributed by atoms with E-state index in [0.717, 1.165) is 48.9 Å². The Balaban J connectivity index is 1.67. The van der Waals surface area contributed by atoms with Gasteiger partial charge in [-0.15, -0.1) is 0 Å². The van der Waals surface area contributed by atoms with Crippen LogP contribution in [0.25, 0.3) is 22.2 Å². The molecule has 7 nitrogen and oxygen atoms in total. The topological polar surface area (TPSA) is 81.1 Å². The number of hydrogen-bond donors (Lipinski definition) is 2. The van der Waals surface area contributed by atoms with Crippen LogP contribution in [0.4, 0.5) is 5.95 Å². The normalized spacial score (nSPS) is 20.0. The van der Waals surface area contributed by atoms with E-state index in [1.807, 2.05) is 48.0 Å². The highest BCUT2D eigenvalue weighted by atomic mass is 16.5. The Morgan fingerprint density at radius 1 is 1.17 bits per heavy atom. The second kappa shape index (κ2) is 8.16. The van der Waals surface area contributed by atoms with Gasteiger partial charge in [0.25, 0.3) is 5.56 Å². The van der Waals surface area contributed by atoms with Gasteiger partial charge < -0.3 is 15.4 Å². The molecular formula is C23H27N5O2. The molecule has 0 spiro atoms. The van der Waals surface area contributed by atoms with Crippen LogP contribution in [0, 0.1) is 6.92 Å². The van der Waals surface area contributed by atoms with Crippen molar-refractivity contribution in [3.05, 3.63) is 52.4 Å². The quantitative estimate of drug-likeness (QED) is 0.695. The van der Waals surface area contributed by atoms with Crippen molar-refractivity contribution in [2.75, 3.05) is 31.6 Å². The molecule has 1 atom stereocenters. The molecule has 2 aliphatic heterocycles. The molecule has 7 heteroatoms. The number of nitrogens with one attached hydrogen (secondary N) is 2. The van der Waals surface area contributed by atoms with Crippen LogP contribution in [0.5, 0.6) is 0 Å². The molecular weight excluding hydrogens is 378 g/mol. The molecule has 0 radical (unpaired) electrons. The summed E-state index contributed by atoms with van der Waals surface area (Å²) in [5.74, 6) is 0.583. The van der Waals surface area contributed by atoms with Crippen molar-refractivity contribution < 1.29 is 4.74 Å². The van der Waals surface area contributed by atoms with Crippen LogP contribution in [-0.2, 0) is 4.74 Å². The van der Waals surface area contributed by atoms with Crippen molar-refractivity contribution in [1.29, 1.82) is 0 Å². The zero-order valence-electron chi connectivity index (χ0n) is 17.2. The highest BCUT2D eigenvalue weighted by Crippen LogP contribution is 2.28. The van der Waals surface area contributed by atoms with Crippen molar-refractivity contribution >= 4 is 17.0 Å². The summed E-state index contributed by atoms with van der Waals surface area (Å²) in [5, 5.41) is 7.64. The molecule has 0 aliphatic carbocycles. The maximum atomic E-state index is 13.7. The first kappa shape index (κ1) is 19.2. The Morgan fingerprint density at radius 2 is 2.00 bits per heavy atom. The molecule has 30 heavy (non-hydrogen) atoms. The van der Waals surface area contributed by atoms with E-state index in [-0.39, 0.29) is 11.6 Å². The summed E-state index contributed by atoms with van der Waals surface area (Å²) in [5.41, 5.74) is 3.46. The monoisotopic (exact) mass is 405 g/mol. The first-order valence-corrected chi connectivity index (χ1v) is 10.7. The molecule has 2 aromatic heterocycles. The highest BCUT2D eigenvalue weighted by molar-refractivity contribution is 5.82. The number of benzene rings is 1. The molecule has 3 aromatic rings. The minimum absolute atomic E-state index is 0.0101. The lowest BCUT2D eigenvalue weighted by Crippen LogP contribution is -2.31. The van der Waals surface area contributed by atoms with E-state index in [9.17, 15) is 4.79 Å². The van der Waals surface area contributed by atoms with E-state index in [4.69, 9.17) is 9.72 Å². The summed E-state index contributed by atoms with van der Waals surface area (Å²) in [7, 11) is 0. The summed E-state index contributed by atoms with van der Waals surface area (Å²) >= 11 is 0. The third-order valence-corrected chi connectivity index (χ3v) is 6.16. The van der Waals surface area contributed by atoms with Gasteiger partial charge in [0.15, 0.2) is 0 Å². The Morgan fingerprint density at radius 3 is 2.77 bits per heavy atom. The summed E-state index contributed by atoms with van der Waals surface area (Å²) < 4.78 is 7.44. The fourth-order valence-electron chi connectivity index (χ4n) is 4.50. The van der Waals surface area contributed by atoms with Crippen molar-refractivity contribution in [3.8, 4) is 11.1 Å². The van der Waals surface area contributed by atoms with Crippen LogP contribution < -0.4 is 16.2 Å². The molecule has 5 rings (SSSR count). The SMILES string of the molecule is Cc1ccccc1-c1cc2cnc(N[C@H]3CCNC3)nc2n(C2CCOCC2)c1=O. The van der Waals surface area contributed by atoms with Crippen LogP contribution in [0.15, 0.2) is 41.3 Å². The molecule has 2 aliphatic rings. The predicted octanol–water partition coefficient (Wildman–Crippen LogP) is 2.89. The molecule has 2 saturated heterocycles. The van der Waals surface area contributed by atoms with Gasteiger partial charge in [-0.1, -0.05) is 24.3 Å². The third-order valence-electron chi connectivity index (χ3n) is 6.16. The van der Waals surface area contributed by atoms with Crippen LogP contribution in [0.3, 0.4) is 0 Å². The molecule has 0 amide bonds. The highest BCUT2D eigenvalue weighted by Gasteiger charge is 2.23. The molecule has 156 valence electrons. The van der Waals surface area contributed by atoms with Gasteiger partial charge >= 0.3 is 0 Å². The molecule has 2 fully saturated rings. The van der Waals surface area contributed by atoms with Gasteiger partial charge in [0.05, 0.1) is 0 Å². The third kappa shape index (κ3) is 3.59. The number of nitrogens with zero attached hydrogens (tertiary/aromatic N) is 3. The molecule has 0 unspecified atom stereocenters. The number of ether oxygens (including phenoxy) is 1. The fraction of sp³-hybridized carbons (Fsp3) is 0.435. The standard InChI is InChI=1S/C23H27N5O2/c1-15-4-2-3-5-19(15)20-12-16-13-25-23(26-17-6-9-24-14-17)27-21(16)28(22(20)29)18-7-10-30-11-8-18/h2-5,12-13,17-18,24H,6-11,14H2,1H3,(H,25,26,27)/t17-/m0/s1. The van der Waals surface area contributed by atoms with Crippen LogP contribution >= 0.6 is 0 Å². The second-order valence-corrected chi connectivity index (χ2v) is 8.20. The zero-order chi connectivity index (χ0) is 20.5. The van der Waals surface area contributed by atoms with Gasteiger partial charge in [-0.25, -0.2) is 4.98 Å². The van der Waals surface area contributed by atoms with E-state index in [1.165, 1.54) is 0 Å². The number of pyridine rings is 1. The summed E-state index contributed by atoms with van der Waals surface area (Å²) in [6.45, 7) is 5.27. The summed E-state index contributed by atoms with van der Waals surface area (Å²) in [4.78, 5) is 23.1. The second-order valence-electron chi connectivity index (χ2n) is 8.20. The maximum absolute atomic E-state index is 13.7. The van der Waals surface area contributed by atoms with Crippen molar-refractivity contribution in [2.45, 2.75) is 38.3 Å². The Hall–Kier alpha value is -2.77. The number of fused-ring (bicyclic) bond motifs is 1. The van der Waals surface area contributed by atoms with Gasteiger partial charge in [0, 0.05) is 49.0 Å². The van der Waals surface area contributed by atoms with E-state index < -0.39 is 0 Å². The summed E-state index contributed by atoms with van der Waals surface area (Å²) in [6.07, 6.45) is 4.50. The van der Waals surface area contributed by atoms with E-state index >= 15 is 0 Å². The van der Waals surface area contributed by atoms with Gasteiger partial charge in [0.2, 0.25) is 5.95 Å². The summed E-state index contributed by atoms with van der Waals surface area (Å²) in [6, 6.07) is 10.4. The zero-order valence-corrected chi connectivity index (χ0v) is 17.2. The predicted molar refractivity (Wildman–Crippen MR) is 118 cm³/mol. The molecule has 1 aromatic carbocycles. The largest absolute Gasteiger partial charge is 0.381 e. The lowest BCUT2D eigenvalue weighted by atomic mass is 10.00. The number of anilines is 1. The van der Waals surface area contributed by atoms with E-state index in [1.54, 1.807) is 0 Å². The minimum atomic E-state index is 0.0101. The van der Waals surface area contributed by atoms with Gasteiger partial charge in [0.1, 0.15) is 5.65 Å². The minimum Gasteiger partial charge on any atom is -0.381 e. The first-order valence-electron chi connectivity index (χ1n) is 10.7. The molecule has 2 N–H and O–H groups in total. The smallest absolute Gasteiger partial charge is 0.260 e. The van der Waals surface area contributed by atoms with Crippen LogP contribution in [-0.4, -0.2) is 46.9 Å². The molecule has 4 heterocycles. The Kier molecular flexibility index (Phi) is 5.23. The van der Waals surface area contributed by atoms with Crippen molar-refractivity contribution in [1.82, 2.24) is 19.9 Å². The number of rotatable bonds is 4. The Labute approximate surface area is 175 Å². The van der Waals surface area contributed by atoms with Gasteiger partial charge in [-0.2, -0.15) is 4.98 Å². The maximum Gasteiger partial charge on any atom is 0.260 e. The van der Waals surface area contributed by atoms with Gasteiger partial charge in [-0.3, -0.25) is 9.36 Å².